The van der Waals surface area contributed by atoms with E-state index < -0.39 is 23.1 Å². The van der Waals surface area contributed by atoms with Crippen molar-refractivity contribution in [1.82, 2.24) is 14.8 Å². The normalized spacial score (nSPS) is 14.7. The molecule has 0 bridgehead atoms. The number of rotatable bonds is 6. The molecule has 0 aliphatic carbocycles. The fourth-order valence-corrected chi connectivity index (χ4v) is 4.75. The Morgan fingerprint density at radius 2 is 1.82 bits per heavy atom. The summed E-state index contributed by atoms with van der Waals surface area (Å²) in [5.74, 6) is -0.250. The molecule has 1 fully saturated rings. The largest absolute Gasteiger partial charge is 0.416 e. The van der Waals surface area contributed by atoms with Crippen molar-refractivity contribution in [3.63, 3.8) is 0 Å². The van der Waals surface area contributed by atoms with Crippen LogP contribution in [-0.2, 0) is 12.7 Å². The number of pyridine rings is 1. The number of carbonyl (C=O) groups excluding carboxylic acids is 1. The molecule has 9 heteroatoms. The number of hydrogen-bond donors (Lipinski definition) is 1. The van der Waals surface area contributed by atoms with E-state index >= 15 is 0 Å². The van der Waals surface area contributed by atoms with Crippen LogP contribution in [0.4, 0.5) is 13.2 Å². The molecule has 0 spiro atoms. The van der Waals surface area contributed by atoms with Crippen molar-refractivity contribution in [2.75, 3.05) is 26.7 Å². The number of benzene rings is 2. The summed E-state index contributed by atoms with van der Waals surface area (Å²) < 4.78 is 42.0. The van der Waals surface area contributed by atoms with Gasteiger partial charge < -0.3 is 14.8 Å². The highest BCUT2D eigenvalue weighted by atomic mass is 19.4. The van der Waals surface area contributed by atoms with Gasteiger partial charge >= 0.3 is 6.18 Å². The third kappa shape index (κ3) is 6.14. The number of nitrogens with one attached hydrogen (secondary N) is 1. The average molecular weight is 523 g/mol. The van der Waals surface area contributed by atoms with Gasteiger partial charge in [-0.2, -0.15) is 18.4 Å². The Labute approximate surface area is 219 Å². The molecule has 1 amide bonds. The van der Waals surface area contributed by atoms with Crippen LogP contribution in [0.25, 0.3) is 11.1 Å². The van der Waals surface area contributed by atoms with Crippen LogP contribution in [0.1, 0.15) is 45.6 Å². The lowest BCUT2D eigenvalue weighted by molar-refractivity contribution is -0.137. The van der Waals surface area contributed by atoms with E-state index in [1.807, 2.05) is 7.05 Å². The molecular formula is C29H29F3N4O2. The van der Waals surface area contributed by atoms with Crippen LogP contribution in [0, 0.1) is 24.2 Å². The van der Waals surface area contributed by atoms with Crippen molar-refractivity contribution in [1.29, 1.82) is 5.26 Å². The summed E-state index contributed by atoms with van der Waals surface area (Å²) in [6.45, 7) is 4.21. The van der Waals surface area contributed by atoms with Crippen LogP contribution >= 0.6 is 0 Å². The number of likely N-dealkylation sites (tertiary alicyclic amines) is 1. The molecule has 4 rings (SSSR count). The second kappa shape index (κ2) is 11.2. The second-order valence-corrected chi connectivity index (χ2v) is 9.80. The molecule has 2 aromatic carbocycles. The maximum Gasteiger partial charge on any atom is 0.416 e. The first-order chi connectivity index (χ1) is 18.1. The molecule has 198 valence electrons. The molecule has 1 aliphatic rings. The Kier molecular flexibility index (Phi) is 8.02. The lowest BCUT2D eigenvalue weighted by Crippen LogP contribution is -2.38. The number of nitriles is 1. The summed E-state index contributed by atoms with van der Waals surface area (Å²) in [6, 6.07) is 13.5. The molecular weight excluding hydrogens is 493 g/mol. The fraction of sp³-hybridized carbons (Fsp3) is 0.345. The van der Waals surface area contributed by atoms with Gasteiger partial charge in [0.25, 0.3) is 5.91 Å². The van der Waals surface area contributed by atoms with Gasteiger partial charge in [-0.25, -0.2) is 0 Å². The number of halogens is 3. The fourth-order valence-electron chi connectivity index (χ4n) is 4.75. The van der Waals surface area contributed by atoms with Gasteiger partial charge in [0, 0.05) is 30.5 Å². The third-order valence-corrected chi connectivity index (χ3v) is 7.10. The molecule has 38 heavy (non-hydrogen) atoms. The van der Waals surface area contributed by atoms with Crippen LogP contribution in [-0.4, -0.2) is 42.1 Å². The SMILES string of the molecule is Cc1c(-c2cccc(C(F)(F)F)c2)c(=O)c(C(=O)NCC2CCN(C)CC2)cn1Cc1ccc(C#N)cc1. The molecule has 3 aromatic rings. The predicted molar refractivity (Wildman–Crippen MR) is 139 cm³/mol. The molecule has 0 radical (unpaired) electrons. The minimum Gasteiger partial charge on any atom is -0.352 e. The minimum atomic E-state index is -4.57. The molecule has 6 nitrogen and oxygen atoms in total. The van der Waals surface area contributed by atoms with Crippen LogP contribution in [0.3, 0.4) is 0 Å². The van der Waals surface area contributed by atoms with Crippen LogP contribution in [0.15, 0.2) is 59.5 Å². The highest BCUT2D eigenvalue weighted by Crippen LogP contribution is 2.32. The van der Waals surface area contributed by atoms with E-state index in [1.165, 1.54) is 18.3 Å². The number of alkyl halides is 3. The Morgan fingerprint density at radius 1 is 1.13 bits per heavy atom. The van der Waals surface area contributed by atoms with Crippen molar-refractivity contribution >= 4 is 5.91 Å². The standard InChI is InChI=1S/C29H29F3N4O2/c1-19-26(23-4-3-5-24(14-23)29(30,31)32)27(37)25(28(38)34-16-21-10-12-35(2)13-11-21)18-36(19)17-22-8-6-20(15-33)7-9-22/h3-9,14,18,21H,10-13,16-17H2,1-2H3,(H,34,38). The second-order valence-electron chi connectivity index (χ2n) is 9.80. The summed E-state index contributed by atoms with van der Waals surface area (Å²) in [5.41, 5.74) is 0.281. The lowest BCUT2D eigenvalue weighted by Gasteiger charge is -2.29. The Morgan fingerprint density at radius 3 is 2.45 bits per heavy atom. The zero-order valence-electron chi connectivity index (χ0n) is 21.3. The average Bonchev–Trinajstić information content (AvgIpc) is 2.90. The van der Waals surface area contributed by atoms with Gasteiger partial charge in [-0.1, -0.05) is 24.3 Å². The van der Waals surface area contributed by atoms with Crippen molar-refractivity contribution in [2.24, 2.45) is 5.92 Å². The summed E-state index contributed by atoms with van der Waals surface area (Å²) in [4.78, 5) is 29.0. The highest BCUT2D eigenvalue weighted by Gasteiger charge is 2.31. The molecule has 0 saturated carbocycles. The molecule has 2 heterocycles. The van der Waals surface area contributed by atoms with Crippen molar-refractivity contribution in [3.05, 3.63) is 92.9 Å². The van der Waals surface area contributed by atoms with Gasteiger partial charge in [0.05, 0.1) is 17.2 Å². The van der Waals surface area contributed by atoms with Crippen LogP contribution < -0.4 is 10.7 Å². The van der Waals surface area contributed by atoms with Gasteiger partial charge in [0.1, 0.15) is 5.56 Å². The number of aromatic nitrogens is 1. The molecule has 1 aliphatic heterocycles. The van der Waals surface area contributed by atoms with Crippen LogP contribution in [0.2, 0.25) is 0 Å². The van der Waals surface area contributed by atoms with E-state index in [1.54, 1.807) is 35.8 Å². The number of amides is 1. The Hall–Kier alpha value is -3.90. The topological polar surface area (TPSA) is 78.1 Å². The van der Waals surface area contributed by atoms with Crippen molar-refractivity contribution in [2.45, 2.75) is 32.5 Å². The summed E-state index contributed by atoms with van der Waals surface area (Å²) >= 11 is 0. The first-order valence-electron chi connectivity index (χ1n) is 12.4. The van der Waals surface area contributed by atoms with Crippen LogP contribution in [0.5, 0.6) is 0 Å². The van der Waals surface area contributed by atoms with E-state index in [0.717, 1.165) is 43.6 Å². The number of hydrogen-bond acceptors (Lipinski definition) is 4. The Balaban J connectivity index is 1.74. The van der Waals surface area contributed by atoms with Gasteiger partial charge in [-0.15, -0.1) is 0 Å². The maximum absolute atomic E-state index is 13.6. The number of piperidine rings is 1. The molecule has 1 saturated heterocycles. The van der Waals surface area contributed by atoms with Gasteiger partial charge in [-0.3, -0.25) is 9.59 Å². The van der Waals surface area contributed by atoms with Crippen molar-refractivity contribution in [3.8, 4) is 17.2 Å². The molecule has 1 N–H and O–H groups in total. The van der Waals surface area contributed by atoms with E-state index in [0.29, 0.717) is 23.7 Å². The first-order valence-corrected chi connectivity index (χ1v) is 12.4. The zero-order valence-corrected chi connectivity index (χ0v) is 21.3. The molecule has 1 aromatic heterocycles. The van der Waals surface area contributed by atoms with Gasteiger partial charge in [0.15, 0.2) is 0 Å². The zero-order chi connectivity index (χ0) is 27.4. The van der Waals surface area contributed by atoms with E-state index in [2.05, 4.69) is 16.3 Å². The number of carbonyl (C=O) groups is 1. The summed E-state index contributed by atoms with van der Waals surface area (Å²) in [7, 11) is 2.05. The lowest BCUT2D eigenvalue weighted by atomic mass is 9.96. The summed E-state index contributed by atoms with van der Waals surface area (Å²) in [6.07, 6.45) is -1.24. The molecule has 0 atom stereocenters. The van der Waals surface area contributed by atoms with E-state index in [9.17, 15) is 22.8 Å². The predicted octanol–water partition coefficient (Wildman–Crippen LogP) is 4.83. The maximum atomic E-state index is 13.6. The third-order valence-electron chi connectivity index (χ3n) is 7.10. The quantitative estimate of drug-likeness (QED) is 0.503. The highest BCUT2D eigenvalue weighted by molar-refractivity contribution is 5.95. The van der Waals surface area contributed by atoms with Crippen molar-refractivity contribution < 1.29 is 18.0 Å². The smallest absolute Gasteiger partial charge is 0.352 e. The van der Waals surface area contributed by atoms with Gasteiger partial charge in [-0.05, 0) is 81.2 Å². The minimum absolute atomic E-state index is 0.0525. The van der Waals surface area contributed by atoms with E-state index in [-0.39, 0.29) is 23.2 Å². The van der Waals surface area contributed by atoms with E-state index in [4.69, 9.17) is 5.26 Å². The first kappa shape index (κ1) is 27.1. The summed E-state index contributed by atoms with van der Waals surface area (Å²) in [5, 5.41) is 12.0. The van der Waals surface area contributed by atoms with Gasteiger partial charge in [0.2, 0.25) is 5.43 Å². The monoisotopic (exact) mass is 522 g/mol. The number of nitrogens with zero attached hydrogens (tertiary/aromatic N) is 3. The Bertz CT molecular complexity index is 1410. The molecule has 0 unspecified atom stereocenters.